The van der Waals surface area contributed by atoms with E-state index >= 15 is 0 Å². The number of hydrogen-bond acceptors (Lipinski definition) is 5. The van der Waals surface area contributed by atoms with E-state index in [9.17, 15) is 0 Å². The number of hydrogen-bond donors (Lipinski definition) is 1. The first kappa shape index (κ1) is 27.9. The standard InChI is InChI=1S/C26H46O5/c1-4-7-10-23-13-14-26(25(12-9-6-3)24(23)11-8-5-2)31-22-21-30-20-19-29-18-17-28-16-15-27/h13-14,27H,4-12,15-22H2,1-3H3. The lowest BCUT2D eigenvalue weighted by atomic mass is 9.90. The fourth-order valence-corrected chi connectivity index (χ4v) is 3.57. The van der Waals surface area contributed by atoms with Crippen molar-refractivity contribution in [3.63, 3.8) is 0 Å². The molecule has 0 aliphatic carbocycles. The van der Waals surface area contributed by atoms with Gasteiger partial charge >= 0.3 is 0 Å². The van der Waals surface area contributed by atoms with Crippen LogP contribution in [-0.2, 0) is 33.5 Å². The molecular weight excluding hydrogens is 392 g/mol. The van der Waals surface area contributed by atoms with Crippen molar-refractivity contribution >= 4 is 0 Å². The van der Waals surface area contributed by atoms with Crippen molar-refractivity contribution in [1.82, 2.24) is 0 Å². The zero-order valence-electron chi connectivity index (χ0n) is 20.3. The Balaban J connectivity index is 2.53. The van der Waals surface area contributed by atoms with Crippen LogP contribution in [0.5, 0.6) is 5.75 Å². The minimum Gasteiger partial charge on any atom is -0.491 e. The van der Waals surface area contributed by atoms with Crippen LogP contribution in [0.1, 0.15) is 76.0 Å². The van der Waals surface area contributed by atoms with E-state index in [1.54, 1.807) is 5.56 Å². The van der Waals surface area contributed by atoms with E-state index in [4.69, 9.17) is 24.1 Å². The van der Waals surface area contributed by atoms with Crippen LogP contribution in [0.25, 0.3) is 0 Å². The van der Waals surface area contributed by atoms with Crippen molar-refractivity contribution in [3.05, 3.63) is 28.8 Å². The van der Waals surface area contributed by atoms with Crippen LogP contribution in [-0.4, -0.2) is 58.0 Å². The molecule has 0 fully saturated rings. The smallest absolute Gasteiger partial charge is 0.122 e. The van der Waals surface area contributed by atoms with E-state index < -0.39 is 0 Å². The molecule has 5 nitrogen and oxygen atoms in total. The van der Waals surface area contributed by atoms with Crippen LogP contribution in [0.4, 0.5) is 0 Å². The number of rotatable bonds is 21. The van der Waals surface area contributed by atoms with Gasteiger partial charge in [0, 0.05) is 0 Å². The largest absolute Gasteiger partial charge is 0.491 e. The summed E-state index contributed by atoms with van der Waals surface area (Å²) in [6, 6.07) is 4.47. The summed E-state index contributed by atoms with van der Waals surface area (Å²) in [6.07, 6.45) is 10.7. The van der Waals surface area contributed by atoms with Crippen LogP contribution in [0.2, 0.25) is 0 Å². The highest BCUT2D eigenvalue weighted by atomic mass is 16.6. The average molecular weight is 439 g/mol. The first-order valence-corrected chi connectivity index (χ1v) is 12.4. The summed E-state index contributed by atoms with van der Waals surface area (Å²) < 4.78 is 22.4. The van der Waals surface area contributed by atoms with Crippen molar-refractivity contribution in [1.29, 1.82) is 0 Å². The van der Waals surface area contributed by atoms with Crippen molar-refractivity contribution in [2.75, 3.05) is 52.9 Å². The Morgan fingerprint density at radius 1 is 0.613 bits per heavy atom. The lowest BCUT2D eigenvalue weighted by molar-refractivity contribution is 0.00357. The molecule has 0 bridgehead atoms. The first-order valence-electron chi connectivity index (χ1n) is 12.4. The summed E-state index contributed by atoms with van der Waals surface area (Å²) in [7, 11) is 0. The lowest BCUT2D eigenvalue weighted by Crippen LogP contribution is -2.14. The van der Waals surface area contributed by atoms with Gasteiger partial charge in [-0.3, -0.25) is 0 Å². The summed E-state index contributed by atoms with van der Waals surface area (Å²) in [6.45, 7) is 10.4. The third-order valence-electron chi connectivity index (χ3n) is 5.31. The third-order valence-corrected chi connectivity index (χ3v) is 5.31. The topological polar surface area (TPSA) is 57.2 Å². The maximum absolute atomic E-state index is 8.63. The Bertz CT molecular complexity index is 547. The Kier molecular flexibility index (Phi) is 17.6. The van der Waals surface area contributed by atoms with Gasteiger partial charge in [0.15, 0.2) is 0 Å². The zero-order valence-corrected chi connectivity index (χ0v) is 20.3. The molecule has 31 heavy (non-hydrogen) atoms. The summed E-state index contributed by atoms with van der Waals surface area (Å²) in [5, 5.41) is 8.63. The van der Waals surface area contributed by atoms with E-state index in [0.717, 1.165) is 18.6 Å². The lowest BCUT2D eigenvalue weighted by Gasteiger charge is -2.19. The van der Waals surface area contributed by atoms with E-state index in [1.165, 1.54) is 56.1 Å². The highest BCUT2D eigenvalue weighted by Gasteiger charge is 2.14. The molecule has 0 saturated carbocycles. The average Bonchev–Trinajstić information content (AvgIpc) is 2.79. The molecule has 0 heterocycles. The number of aryl methyl sites for hydroxylation is 1. The van der Waals surface area contributed by atoms with Crippen molar-refractivity contribution in [2.24, 2.45) is 0 Å². The van der Waals surface area contributed by atoms with Crippen LogP contribution < -0.4 is 4.74 Å². The number of aliphatic hydroxyl groups is 1. The summed E-state index contributed by atoms with van der Waals surface area (Å²) >= 11 is 0. The molecule has 0 amide bonds. The van der Waals surface area contributed by atoms with Gasteiger partial charge in [-0.05, 0) is 61.3 Å². The molecule has 0 atom stereocenters. The van der Waals surface area contributed by atoms with Gasteiger partial charge in [0.1, 0.15) is 12.4 Å². The van der Waals surface area contributed by atoms with Gasteiger partial charge in [0.25, 0.3) is 0 Å². The normalized spacial score (nSPS) is 11.2. The SMILES string of the molecule is CCCCc1ccc(OCCOCCOCCOCCO)c(CCCC)c1CCCC. The minimum absolute atomic E-state index is 0.0465. The van der Waals surface area contributed by atoms with E-state index in [2.05, 4.69) is 32.9 Å². The molecule has 1 rings (SSSR count). The molecule has 5 heteroatoms. The number of ether oxygens (including phenoxy) is 4. The van der Waals surface area contributed by atoms with Crippen LogP contribution >= 0.6 is 0 Å². The molecule has 1 aromatic carbocycles. The Hall–Kier alpha value is -1.14. The second kappa shape index (κ2) is 19.5. The van der Waals surface area contributed by atoms with Crippen molar-refractivity contribution < 1.29 is 24.1 Å². The van der Waals surface area contributed by atoms with E-state index in [0.29, 0.717) is 46.2 Å². The minimum atomic E-state index is 0.0465. The van der Waals surface area contributed by atoms with E-state index in [1.807, 2.05) is 0 Å². The zero-order chi connectivity index (χ0) is 22.6. The Morgan fingerprint density at radius 2 is 1.13 bits per heavy atom. The first-order chi connectivity index (χ1) is 15.3. The molecular formula is C26H46O5. The molecule has 180 valence electrons. The predicted molar refractivity (Wildman–Crippen MR) is 127 cm³/mol. The second-order valence-electron chi connectivity index (χ2n) is 7.90. The summed E-state index contributed by atoms with van der Waals surface area (Å²) in [5.74, 6) is 1.04. The Labute approximate surface area is 190 Å². The fourth-order valence-electron chi connectivity index (χ4n) is 3.57. The molecule has 1 N–H and O–H groups in total. The maximum atomic E-state index is 8.63. The van der Waals surface area contributed by atoms with Crippen LogP contribution in [0.15, 0.2) is 12.1 Å². The summed E-state index contributed by atoms with van der Waals surface area (Å²) in [5.41, 5.74) is 4.49. The van der Waals surface area contributed by atoms with Gasteiger partial charge in [-0.1, -0.05) is 46.1 Å². The monoisotopic (exact) mass is 438 g/mol. The molecule has 1 aromatic rings. The van der Waals surface area contributed by atoms with Gasteiger partial charge in [0.05, 0.1) is 46.2 Å². The van der Waals surface area contributed by atoms with Crippen molar-refractivity contribution in [2.45, 2.75) is 78.6 Å². The van der Waals surface area contributed by atoms with Crippen LogP contribution in [0.3, 0.4) is 0 Å². The third kappa shape index (κ3) is 12.5. The molecule has 0 saturated heterocycles. The predicted octanol–water partition coefficient (Wildman–Crippen LogP) is 5.14. The van der Waals surface area contributed by atoms with Gasteiger partial charge in [-0.15, -0.1) is 0 Å². The molecule has 0 unspecified atom stereocenters. The van der Waals surface area contributed by atoms with Crippen molar-refractivity contribution in [3.8, 4) is 5.75 Å². The number of benzene rings is 1. The second-order valence-corrected chi connectivity index (χ2v) is 7.90. The van der Waals surface area contributed by atoms with Gasteiger partial charge < -0.3 is 24.1 Å². The summed E-state index contributed by atoms with van der Waals surface area (Å²) in [4.78, 5) is 0. The van der Waals surface area contributed by atoms with Gasteiger partial charge in [0.2, 0.25) is 0 Å². The van der Waals surface area contributed by atoms with Gasteiger partial charge in [-0.25, -0.2) is 0 Å². The molecule has 0 aromatic heterocycles. The molecule has 0 aliphatic rings. The number of unbranched alkanes of at least 4 members (excludes halogenated alkanes) is 3. The molecule has 0 radical (unpaired) electrons. The van der Waals surface area contributed by atoms with Gasteiger partial charge in [-0.2, -0.15) is 0 Å². The number of aliphatic hydroxyl groups excluding tert-OH is 1. The quantitative estimate of drug-likeness (QED) is 0.270. The maximum Gasteiger partial charge on any atom is 0.122 e. The van der Waals surface area contributed by atoms with E-state index in [-0.39, 0.29) is 6.61 Å². The van der Waals surface area contributed by atoms with Crippen LogP contribution in [0, 0.1) is 0 Å². The highest BCUT2D eigenvalue weighted by Crippen LogP contribution is 2.30. The fraction of sp³-hybridized carbons (Fsp3) is 0.769. The molecule has 0 aliphatic heterocycles. The Morgan fingerprint density at radius 3 is 1.71 bits per heavy atom. The highest BCUT2D eigenvalue weighted by molar-refractivity contribution is 5.46. The molecule has 0 spiro atoms.